The van der Waals surface area contributed by atoms with Gasteiger partial charge in [-0.25, -0.2) is 9.97 Å². The molecule has 0 atom stereocenters. The van der Waals surface area contributed by atoms with Crippen molar-refractivity contribution in [1.29, 1.82) is 0 Å². The Bertz CT molecular complexity index is 1440. The number of anilines is 1. The molecule has 0 unspecified atom stereocenters. The smallest absolute Gasteiger partial charge is 0.257 e. The summed E-state index contributed by atoms with van der Waals surface area (Å²) >= 11 is 2.79. The lowest BCUT2D eigenvalue weighted by atomic mass is 10.1. The SMILES string of the molecule is Cc1ccc(-c2csc(NC(=O)CCc3nc(CSc4nc5cc(C)ccc5o4)no3)n2)cc1. The van der Waals surface area contributed by atoms with Gasteiger partial charge in [0.15, 0.2) is 16.5 Å². The molecule has 1 amide bonds. The maximum atomic E-state index is 12.3. The van der Waals surface area contributed by atoms with Crippen LogP contribution in [0.15, 0.2) is 62.0 Å². The number of carbonyl (C=O) groups excluding carboxylic acids is 1. The Morgan fingerprint density at radius 3 is 2.74 bits per heavy atom. The number of oxazole rings is 1. The lowest BCUT2D eigenvalue weighted by Crippen LogP contribution is -2.12. The number of aromatic nitrogens is 4. The van der Waals surface area contributed by atoms with E-state index in [2.05, 4.69) is 25.4 Å². The fourth-order valence-corrected chi connectivity index (χ4v) is 4.66. The molecule has 0 radical (unpaired) electrons. The molecule has 0 saturated carbocycles. The second-order valence-electron chi connectivity index (χ2n) is 7.80. The molecular formula is C24H21N5O3S2. The molecule has 0 spiro atoms. The topological polar surface area (TPSA) is 107 Å². The van der Waals surface area contributed by atoms with E-state index in [1.807, 2.05) is 61.7 Å². The molecule has 3 heterocycles. The number of amides is 1. The number of benzene rings is 2. The van der Waals surface area contributed by atoms with Gasteiger partial charge in [-0.3, -0.25) is 4.79 Å². The molecular weight excluding hydrogens is 470 g/mol. The molecule has 172 valence electrons. The summed E-state index contributed by atoms with van der Waals surface area (Å²) in [7, 11) is 0. The number of nitrogens with zero attached hydrogens (tertiary/aromatic N) is 4. The fourth-order valence-electron chi connectivity index (χ4n) is 3.24. The van der Waals surface area contributed by atoms with Crippen molar-refractivity contribution in [2.45, 2.75) is 37.7 Å². The van der Waals surface area contributed by atoms with Crippen molar-refractivity contribution in [3.8, 4) is 11.3 Å². The Balaban J connectivity index is 1.11. The van der Waals surface area contributed by atoms with Crippen LogP contribution < -0.4 is 5.32 Å². The van der Waals surface area contributed by atoms with E-state index in [1.165, 1.54) is 28.7 Å². The minimum absolute atomic E-state index is 0.152. The van der Waals surface area contributed by atoms with Crippen molar-refractivity contribution < 1.29 is 13.7 Å². The number of hydrogen-bond acceptors (Lipinski definition) is 9. The quantitative estimate of drug-likeness (QED) is 0.271. The highest BCUT2D eigenvalue weighted by molar-refractivity contribution is 7.98. The summed E-state index contributed by atoms with van der Waals surface area (Å²) in [5.74, 6) is 1.25. The molecule has 2 aromatic carbocycles. The Morgan fingerprint density at radius 2 is 1.88 bits per heavy atom. The number of nitrogens with one attached hydrogen (secondary N) is 1. The number of thiazole rings is 1. The summed E-state index contributed by atoms with van der Waals surface area (Å²) in [5, 5.41) is 9.88. The van der Waals surface area contributed by atoms with Crippen molar-refractivity contribution in [2.24, 2.45) is 0 Å². The van der Waals surface area contributed by atoms with Gasteiger partial charge in [-0.2, -0.15) is 4.98 Å². The van der Waals surface area contributed by atoms with Gasteiger partial charge < -0.3 is 14.3 Å². The van der Waals surface area contributed by atoms with E-state index in [1.54, 1.807) is 0 Å². The minimum Gasteiger partial charge on any atom is -0.431 e. The molecule has 8 nitrogen and oxygen atoms in total. The van der Waals surface area contributed by atoms with Crippen LogP contribution in [-0.2, 0) is 17.0 Å². The van der Waals surface area contributed by atoms with Crippen LogP contribution in [0.1, 0.15) is 29.3 Å². The van der Waals surface area contributed by atoms with Crippen LogP contribution in [0, 0.1) is 13.8 Å². The summed E-state index contributed by atoms with van der Waals surface area (Å²) in [6.07, 6.45) is 0.570. The number of thioether (sulfide) groups is 1. The van der Waals surface area contributed by atoms with Crippen LogP contribution >= 0.6 is 23.1 Å². The molecule has 5 rings (SSSR count). The zero-order valence-corrected chi connectivity index (χ0v) is 20.2. The molecule has 34 heavy (non-hydrogen) atoms. The van der Waals surface area contributed by atoms with Crippen molar-refractivity contribution in [3.63, 3.8) is 0 Å². The molecule has 3 aromatic heterocycles. The average molecular weight is 492 g/mol. The van der Waals surface area contributed by atoms with Gasteiger partial charge in [0.05, 0.1) is 11.4 Å². The normalized spacial score (nSPS) is 11.2. The van der Waals surface area contributed by atoms with Crippen molar-refractivity contribution in [3.05, 3.63) is 70.7 Å². The summed E-state index contributed by atoms with van der Waals surface area (Å²) in [6.45, 7) is 4.06. The monoisotopic (exact) mass is 491 g/mol. The molecule has 5 aromatic rings. The number of rotatable bonds is 8. The third-order valence-electron chi connectivity index (χ3n) is 5.02. The second kappa shape index (κ2) is 9.78. The summed E-state index contributed by atoms with van der Waals surface area (Å²) < 4.78 is 11.0. The summed E-state index contributed by atoms with van der Waals surface area (Å²) in [6, 6.07) is 14.0. The molecule has 0 bridgehead atoms. The van der Waals surface area contributed by atoms with Crippen LogP contribution in [0.5, 0.6) is 0 Å². The lowest BCUT2D eigenvalue weighted by molar-refractivity contribution is -0.116. The highest BCUT2D eigenvalue weighted by Gasteiger charge is 2.13. The van der Waals surface area contributed by atoms with Crippen LogP contribution in [0.2, 0.25) is 0 Å². The third kappa shape index (κ3) is 5.35. The van der Waals surface area contributed by atoms with Gasteiger partial charge >= 0.3 is 0 Å². The lowest BCUT2D eigenvalue weighted by Gasteiger charge is -2.00. The van der Waals surface area contributed by atoms with Crippen LogP contribution in [0.3, 0.4) is 0 Å². The first-order chi connectivity index (χ1) is 16.5. The molecule has 0 aliphatic heterocycles. The maximum Gasteiger partial charge on any atom is 0.257 e. The number of hydrogen-bond donors (Lipinski definition) is 1. The Kier molecular flexibility index (Phi) is 6.41. The largest absolute Gasteiger partial charge is 0.431 e. The van der Waals surface area contributed by atoms with Crippen LogP contribution in [0.25, 0.3) is 22.4 Å². The van der Waals surface area contributed by atoms with Gasteiger partial charge in [0.1, 0.15) is 5.52 Å². The van der Waals surface area contributed by atoms with Crippen molar-refractivity contribution in [2.75, 3.05) is 5.32 Å². The minimum atomic E-state index is -0.152. The van der Waals surface area contributed by atoms with Crippen molar-refractivity contribution >= 4 is 45.2 Å². The van der Waals surface area contributed by atoms with E-state index in [-0.39, 0.29) is 12.3 Å². The highest BCUT2D eigenvalue weighted by atomic mass is 32.2. The van der Waals surface area contributed by atoms with E-state index in [0.29, 0.717) is 34.2 Å². The summed E-state index contributed by atoms with van der Waals surface area (Å²) in [5.41, 5.74) is 5.76. The van der Waals surface area contributed by atoms with Gasteiger partial charge in [0, 0.05) is 23.8 Å². The second-order valence-corrected chi connectivity index (χ2v) is 9.58. The molecule has 0 aliphatic rings. The third-order valence-corrected chi connectivity index (χ3v) is 6.60. The van der Waals surface area contributed by atoms with Gasteiger partial charge in [-0.05, 0) is 31.5 Å². The standard InChI is InChI=1S/C24H21N5O3S2/c1-14-3-6-16(7-4-14)18-12-33-23(25-18)28-21(30)9-10-22-27-20(29-32-22)13-34-24-26-17-11-15(2)5-8-19(17)31-24/h3-8,11-12H,9-10,13H2,1-2H3,(H,25,28,30). The Morgan fingerprint density at radius 1 is 1.06 bits per heavy atom. The predicted molar refractivity (Wildman–Crippen MR) is 132 cm³/mol. The number of aryl methyl sites for hydroxylation is 3. The zero-order chi connectivity index (χ0) is 23.5. The summed E-state index contributed by atoms with van der Waals surface area (Å²) in [4.78, 5) is 25.7. The predicted octanol–water partition coefficient (Wildman–Crippen LogP) is 5.81. The Labute approximate surface area is 203 Å². The maximum absolute atomic E-state index is 12.3. The first-order valence-corrected chi connectivity index (χ1v) is 12.5. The molecule has 0 fully saturated rings. The molecule has 0 saturated heterocycles. The van der Waals surface area contributed by atoms with Gasteiger partial charge in [0.2, 0.25) is 11.8 Å². The fraction of sp³-hybridized carbons (Fsp3) is 0.208. The average Bonchev–Trinajstić information content (AvgIpc) is 3.56. The number of fused-ring (bicyclic) bond motifs is 1. The first-order valence-electron chi connectivity index (χ1n) is 10.7. The zero-order valence-electron chi connectivity index (χ0n) is 18.6. The Hall–Kier alpha value is -3.50. The van der Waals surface area contributed by atoms with E-state index in [4.69, 9.17) is 8.94 Å². The highest BCUT2D eigenvalue weighted by Crippen LogP contribution is 2.27. The van der Waals surface area contributed by atoms with Gasteiger partial charge in [-0.15, -0.1) is 11.3 Å². The van der Waals surface area contributed by atoms with E-state index in [9.17, 15) is 4.79 Å². The van der Waals surface area contributed by atoms with Crippen LogP contribution in [-0.4, -0.2) is 26.0 Å². The van der Waals surface area contributed by atoms with Crippen LogP contribution in [0.4, 0.5) is 5.13 Å². The molecule has 1 N–H and O–H groups in total. The molecule has 0 aliphatic carbocycles. The van der Waals surface area contributed by atoms with Crippen molar-refractivity contribution in [1.82, 2.24) is 20.1 Å². The van der Waals surface area contributed by atoms with E-state index >= 15 is 0 Å². The van der Waals surface area contributed by atoms with E-state index < -0.39 is 0 Å². The van der Waals surface area contributed by atoms with Gasteiger partial charge in [0.25, 0.3) is 5.22 Å². The number of carbonyl (C=O) groups is 1. The van der Waals surface area contributed by atoms with E-state index in [0.717, 1.165) is 27.9 Å². The molecule has 10 heteroatoms. The van der Waals surface area contributed by atoms with Gasteiger partial charge in [-0.1, -0.05) is 52.8 Å². The first kappa shape index (κ1) is 22.3.